The number of carbonyl (C=O) groups is 3. The summed E-state index contributed by atoms with van der Waals surface area (Å²) in [5, 5.41) is 0. The van der Waals surface area contributed by atoms with E-state index in [1.165, 1.54) is 24.0 Å². The van der Waals surface area contributed by atoms with Crippen LogP contribution in [-0.2, 0) is 14.3 Å². The second-order valence-electron chi connectivity index (χ2n) is 5.13. The summed E-state index contributed by atoms with van der Waals surface area (Å²) in [5.74, 6) is -0.910. The fraction of sp³-hybridized carbons (Fsp3) is 0.312. The monoisotopic (exact) mass is 380 g/mol. The van der Waals surface area contributed by atoms with Gasteiger partial charge in [-0.25, -0.2) is 14.5 Å². The van der Waals surface area contributed by atoms with Gasteiger partial charge < -0.3 is 4.74 Å². The van der Waals surface area contributed by atoms with Crippen molar-refractivity contribution in [2.45, 2.75) is 26.4 Å². The second-order valence-corrected chi connectivity index (χ2v) is 6.04. The fourth-order valence-corrected chi connectivity index (χ4v) is 2.79. The van der Waals surface area contributed by atoms with Crippen LogP contribution in [0.15, 0.2) is 40.9 Å². The first kappa shape index (κ1) is 17.2. The lowest BCUT2D eigenvalue weighted by Crippen LogP contribution is -2.76. The van der Waals surface area contributed by atoms with E-state index in [4.69, 9.17) is 4.74 Å². The van der Waals surface area contributed by atoms with Crippen LogP contribution in [0, 0.1) is 0 Å². The Kier molecular flexibility index (Phi) is 4.89. The van der Waals surface area contributed by atoms with Crippen molar-refractivity contribution in [3.05, 3.63) is 40.9 Å². The summed E-state index contributed by atoms with van der Waals surface area (Å²) in [6.45, 7) is 4.96. The molecule has 1 saturated heterocycles. The maximum Gasteiger partial charge on any atom is 0.335 e. The minimum absolute atomic E-state index is 0.256. The third-order valence-corrected chi connectivity index (χ3v) is 4.04. The minimum Gasteiger partial charge on any atom is -0.463 e. The molecule has 1 fully saturated rings. The summed E-state index contributed by atoms with van der Waals surface area (Å²) < 4.78 is 5.72. The highest BCUT2D eigenvalue weighted by Crippen LogP contribution is 2.39. The first-order chi connectivity index (χ1) is 10.8. The normalized spacial score (nSPS) is 20.6. The number of urea groups is 1. The van der Waals surface area contributed by atoms with Crippen molar-refractivity contribution < 1.29 is 19.1 Å². The summed E-state index contributed by atoms with van der Waals surface area (Å²) in [5.41, 5.74) is -0.421. The van der Waals surface area contributed by atoms with Crippen LogP contribution < -0.4 is 4.90 Å². The Labute approximate surface area is 142 Å². The van der Waals surface area contributed by atoms with Gasteiger partial charge in [0.2, 0.25) is 5.91 Å². The van der Waals surface area contributed by atoms with Gasteiger partial charge in [-0.3, -0.25) is 9.69 Å². The van der Waals surface area contributed by atoms with E-state index in [0.29, 0.717) is 5.69 Å². The number of imide groups is 1. The average molecular weight is 381 g/mol. The Morgan fingerprint density at radius 3 is 2.43 bits per heavy atom. The quantitative estimate of drug-likeness (QED) is 0.594. The number of carbonyl (C=O) groups excluding carboxylic acids is 3. The van der Waals surface area contributed by atoms with Crippen LogP contribution in [0.25, 0.3) is 0 Å². The number of hydrogen-bond donors (Lipinski definition) is 0. The van der Waals surface area contributed by atoms with Gasteiger partial charge in [-0.15, -0.1) is 0 Å². The van der Waals surface area contributed by atoms with Crippen LogP contribution in [0.4, 0.5) is 10.5 Å². The largest absolute Gasteiger partial charge is 0.463 e. The molecule has 0 radical (unpaired) electrons. The van der Waals surface area contributed by atoms with Crippen molar-refractivity contribution in [3.8, 4) is 0 Å². The van der Waals surface area contributed by atoms with Gasteiger partial charge in [0.1, 0.15) is 5.66 Å². The Balaban J connectivity index is 2.36. The van der Waals surface area contributed by atoms with Gasteiger partial charge in [0, 0.05) is 23.2 Å². The van der Waals surface area contributed by atoms with E-state index < -0.39 is 17.7 Å². The molecule has 1 aliphatic rings. The first-order valence-corrected chi connectivity index (χ1v) is 7.87. The van der Waals surface area contributed by atoms with E-state index >= 15 is 0 Å². The van der Waals surface area contributed by atoms with E-state index in [-0.39, 0.29) is 12.5 Å². The van der Waals surface area contributed by atoms with E-state index in [1.54, 1.807) is 38.1 Å². The van der Waals surface area contributed by atoms with Crippen LogP contribution >= 0.6 is 15.9 Å². The summed E-state index contributed by atoms with van der Waals surface area (Å²) >= 11 is 3.34. The highest BCUT2D eigenvalue weighted by Gasteiger charge is 2.56. The number of benzene rings is 1. The zero-order valence-corrected chi connectivity index (χ0v) is 14.7. The number of anilines is 1. The van der Waals surface area contributed by atoms with Gasteiger partial charge in [-0.2, -0.15) is 0 Å². The Morgan fingerprint density at radius 1 is 1.30 bits per heavy atom. The van der Waals surface area contributed by atoms with Crippen LogP contribution in [0.5, 0.6) is 0 Å². The Hall–Kier alpha value is -2.15. The molecule has 0 N–H and O–H groups in total. The molecule has 1 aliphatic heterocycles. The predicted molar refractivity (Wildman–Crippen MR) is 88.7 cm³/mol. The minimum atomic E-state index is -1.05. The molecule has 6 nitrogen and oxygen atoms in total. The fourth-order valence-electron chi connectivity index (χ4n) is 2.52. The summed E-state index contributed by atoms with van der Waals surface area (Å²) in [4.78, 5) is 38.2. The molecule has 2 rings (SSSR count). The van der Waals surface area contributed by atoms with Crippen molar-refractivity contribution in [1.29, 1.82) is 0 Å². The smallest absolute Gasteiger partial charge is 0.335 e. The molecule has 122 valence electrons. The van der Waals surface area contributed by atoms with Crippen LogP contribution in [0.3, 0.4) is 0 Å². The number of amides is 3. The topological polar surface area (TPSA) is 66.9 Å². The molecule has 1 heterocycles. The first-order valence-electron chi connectivity index (χ1n) is 7.07. The lowest BCUT2D eigenvalue weighted by molar-refractivity contribution is -0.137. The van der Waals surface area contributed by atoms with E-state index in [9.17, 15) is 14.4 Å². The SMILES string of the molecule is CCOC(=O)/C=C/C1(C)N(C(C)=O)C(=O)N1c1ccc(Br)cc1. The Morgan fingerprint density at radius 2 is 1.91 bits per heavy atom. The molecular weight excluding hydrogens is 364 g/mol. The summed E-state index contributed by atoms with van der Waals surface area (Å²) in [6, 6.07) is 6.69. The van der Waals surface area contributed by atoms with Gasteiger partial charge in [0.15, 0.2) is 0 Å². The molecule has 23 heavy (non-hydrogen) atoms. The number of nitrogens with zero attached hydrogens (tertiary/aromatic N) is 2. The number of hydrogen-bond acceptors (Lipinski definition) is 4. The van der Waals surface area contributed by atoms with Gasteiger partial charge in [-0.1, -0.05) is 15.9 Å². The van der Waals surface area contributed by atoms with E-state index in [1.807, 2.05) is 0 Å². The average Bonchev–Trinajstić information content (AvgIpc) is 2.47. The highest BCUT2D eigenvalue weighted by atomic mass is 79.9. The van der Waals surface area contributed by atoms with Crippen molar-refractivity contribution in [1.82, 2.24) is 4.90 Å². The lowest BCUT2D eigenvalue weighted by atomic mass is 10.00. The number of halogens is 1. The second kappa shape index (κ2) is 6.54. The van der Waals surface area contributed by atoms with Crippen molar-refractivity contribution in [3.63, 3.8) is 0 Å². The van der Waals surface area contributed by atoms with Crippen LogP contribution in [-0.4, -0.2) is 35.1 Å². The van der Waals surface area contributed by atoms with Gasteiger partial charge >= 0.3 is 12.0 Å². The molecule has 1 unspecified atom stereocenters. The zero-order valence-electron chi connectivity index (χ0n) is 13.1. The standard InChI is InChI=1S/C16H17BrN2O4/c1-4-23-14(21)9-10-16(3)18(11(2)20)15(22)19(16)13-7-5-12(17)6-8-13/h5-10H,4H2,1-3H3/b10-9+. The molecule has 0 aromatic heterocycles. The van der Waals surface area contributed by atoms with E-state index in [0.717, 1.165) is 9.37 Å². The summed E-state index contributed by atoms with van der Waals surface area (Å²) in [6.07, 6.45) is 2.73. The molecule has 1 aromatic rings. The number of ether oxygens (including phenoxy) is 1. The maximum absolute atomic E-state index is 12.3. The molecule has 7 heteroatoms. The predicted octanol–water partition coefficient (Wildman–Crippen LogP) is 3.07. The molecule has 0 bridgehead atoms. The lowest BCUT2D eigenvalue weighted by Gasteiger charge is -2.55. The van der Waals surface area contributed by atoms with Gasteiger partial charge in [0.25, 0.3) is 0 Å². The molecular formula is C16H17BrN2O4. The third kappa shape index (κ3) is 3.14. The number of rotatable bonds is 4. The molecule has 0 saturated carbocycles. The van der Waals surface area contributed by atoms with Gasteiger partial charge in [-0.05, 0) is 44.2 Å². The molecule has 1 atom stereocenters. The molecule has 3 amide bonds. The van der Waals surface area contributed by atoms with Gasteiger partial charge in [0.05, 0.1) is 6.61 Å². The van der Waals surface area contributed by atoms with E-state index in [2.05, 4.69) is 15.9 Å². The maximum atomic E-state index is 12.3. The van der Waals surface area contributed by atoms with Crippen LogP contribution in [0.2, 0.25) is 0 Å². The number of esters is 1. The third-order valence-electron chi connectivity index (χ3n) is 3.51. The van der Waals surface area contributed by atoms with Crippen molar-refractivity contribution in [2.75, 3.05) is 11.5 Å². The molecule has 1 aromatic carbocycles. The molecule has 0 aliphatic carbocycles. The highest BCUT2D eigenvalue weighted by molar-refractivity contribution is 9.10. The van der Waals surface area contributed by atoms with Crippen molar-refractivity contribution in [2.24, 2.45) is 0 Å². The van der Waals surface area contributed by atoms with Crippen molar-refractivity contribution >= 4 is 39.5 Å². The van der Waals surface area contributed by atoms with Crippen LogP contribution in [0.1, 0.15) is 20.8 Å². The zero-order chi connectivity index (χ0) is 17.2. The molecule has 0 spiro atoms. The summed E-state index contributed by atoms with van der Waals surface area (Å²) in [7, 11) is 0. The Bertz CT molecular complexity index is 671.